The summed E-state index contributed by atoms with van der Waals surface area (Å²) in [6.45, 7) is 3.80. The van der Waals surface area contributed by atoms with Crippen molar-refractivity contribution in [3.8, 4) is 5.75 Å². The first-order valence-electron chi connectivity index (χ1n) is 7.00. The standard InChI is InChI=1S/C16H16ClN5O/c1-8-6-11(18)15-16(20-9(2)19-15)14(8)22-21-12-7-10(17)4-5-13(12)23-3/h4-7H,18H2,1-3H3,(H,19,20). The maximum atomic E-state index is 6.02. The van der Waals surface area contributed by atoms with E-state index in [2.05, 4.69) is 20.2 Å². The molecule has 0 saturated heterocycles. The van der Waals surface area contributed by atoms with Gasteiger partial charge in [0.2, 0.25) is 0 Å². The zero-order valence-corrected chi connectivity index (χ0v) is 13.8. The monoisotopic (exact) mass is 329 g/mol. The lowest BCUT2D eigenvalue weighted by atomic mass is 10.1. The summed E-state index contributed by atoms with van der Waals surface area (Å²) >= 11 is 6.02. The summed E-state index contributed by atoms with van der Waals surface area (Å²) < 4.78 is 5.28. The highest BCUT2D eigenvalue weighted by atomic mass is 35.5. The van der Waals surface area contributed by atoms with E-state index >= 15 is 0 Å². The molecule has 0 radical (unpaired) electrons. The molecule has 23 heavy (non-hydrogen) atoms. The van der Waals surface area contributed by atoms with Crippen LogP contribution in [0.1, 0.15) is 11.4 Å². The number of aromatic nitrogens is 2. The summed E-state index contributed by atoms with van der Waals surface area (Å²) in [6, 6.07) is 7.03. The second-order valence-electron chi connectivity index (χ2n) is 5.19. The van der Waals surface area contributed by atoms with Crippen molar-refractivity contribution in [1.82, 2.24) is 9.97 Å². The van der Waals surface area contributed by atoms with E-state index in [4.69, 9.17) is 22.1 Å². The third-order valence-corrected chi connectivity index (χ3v) is 3.71. The number of nitrogen functional groups attached to an aromatic ring is 1. The fourth-order valence-electron chi connectivity index (χ4n) is 2.41. The molecule has 0 saturated carbocycles. The Hall–Kier alpha value is -2.60. The summed E-state index contributed by atoms with van der Waals surface area (Å²) in [4.78, 5) is 7.57. The van der Waals surface area contributed by atoms with E-state index in [0.29, 0.717) is 33.4 Å². The molecule has 0 aliphatic heterocycles. The van der Waals surface area contributed by atoms with Gasteiger partial charge in [-0.2, -0.15) is 0 Å². The third-order valence-electron chi connectivity index (χ3n) is 3.48. The number of halogens is 1. The molecule has 0 aliphatic rings. The highest BCUT2D eigenvalue weighted by molar-refractivity contribution is 6.30. The van der Waals surface area contributed by atoms with E-state index in [-0.39, 0.29) is 0 Å². The Morgan fingerprint density at radius 1 is 1.22 bits per heavy atom. The Labute approximate surface area is 138 Å². The number of hydrogen-bond donors (Lipinski definition) is 2. The second-order valence-corrected chi connectivity index (χ2v) is 5.63. The third kappa shape index (κ3) is 2.85. The number of H-pyrrole nitrogens is 1. The molecule has 1 heterocycles. The molecule has 7 heteroatoms. The molecule has 0 spiro atoms. The molecule has 0 bridgehead atoms. The van der Waals surface area contributed by atoms with E-state index in [0.717, 1.165) is 16.9 Å². The van der Waals surface area contributed by atoms with Gasteiger partial charge < -0.3 is 15.5 Å². The number of rotatable bonds is 3. The molecule has 0 fully saturated rings. The van der Waals surface area contributed by atoms with E-state index in [1.54, 1.807) is 25.3 Å². The predicted octanol–water partition coefficient (Wildman–Crippen LogP) is 4.84. The minimum atomic E-state index is 0.556. The molecule has 0 aliphatic carbocycles. The van der Waals surface area contributed by atoms with Crippen LogP contribution >= 0.6 is 11.6 Å². The molecular weight excluding hydrogens is 314 g/mol. The van der Waals surface area contributed by atoms with Crippen LogP contribution in [0.5, 0.6) is 5.75 Å². The maximum Gasteiger partial charge on any atom is 0.146 e. The van der Waals surface area contributed by atoms with Crippen LogP contribution in [-0.2, 0) is 0 Å². The zero-order valence-electron chi connectivity index (χ0n) is 13.0. The highest BCUT2D eigenvalue weighted by Crippen LogP contribution is 2.36. The topological polar surface area (TPSA) is 88.7 Å². The average Bonchev–Trinajstić information content (AvgIpc) is 2.89. The van der Waals surface area contributed by atoms with Gasteiger partial charge >= 0.3 is 0 Å². The minimum absolute atomic E-state index is 0.556. The number of imidazole rings is 1. The van der Waals surface area contributed by atoms with Gasteiger partial charge in [-0.05, 0) is 43.7 Å². The SMILES string of the molecule is COc1ccc(Cl)cc1N=Nc1c(C)cc(N)c2nc(C)[nH]c12. The second kappa shape index (κ2) is 5.89. The number of fused-ring (bicyclic) bond motifs is 1. The maximum absolute atomic E-state index is 6.02. The van der Waals surface area contributed by atoms with Crippen LogP contribution in [0, 0.1) is 13.8 Å². The lowest BCUT2D eigenvalue weighted by Gasteiger charge is -2.05. The number of anilines is 1. The largest absolute Gasteiger partial charge is 0.494 e. The van der Waals surface area contributed by atoms with Crippen molar-refractivity contribution >= 4 is 39.7 Å². The van der Waals surface area contributed by atoms with Crippen molar-refractivity contribution in [3.63, 3.8) is 0 Å². The van der Waals surface area contributed by atoms with Gasteiger partial charge in [0.25, 0.3) is 0 Å². The number of aromatic amines is 1. The van der Waals surface area contributed by atoms with Gasteiger partial charge in [0.1, 0.15) is 28.5 Å². The molecule has 2 aromatic carbocycles. The van der Waals surface area contributed by atoms with Crippen LogP contribution in [0.15, 0.2) is 34.5 Å². The number of aryl methyl sites for hydroxylation is 2. The van der Waals surface area contributed by atoms with Gasteiger partial charge in [-0.25, -0.2) is 4.98 Å². The normalized spacial score (nSPS) is 11.5. The van der Waals surface area contributed by atoms with E-state index < -0.39 is 0 Å². The molecule has 6 nitrogen and oxygen atoms in total. The van der Waals surface area contributed by atoms with E-state index in [1.165, 1.54) is 0 Å². The van der Waals surface area contributed by atoms with Crippen LogP contribution in [0.4, 0.5) is 17.1 Å². The summed E-state index contributed by atoms with van der Waals surface area (Å²) in [7, 11) is 1.58. The van der Waals surface area contributed by atoms with Crippen LogP contribution in [0.25, 0.3) is 11.0 Å². The number of hydrogen-bond acceptors (Lipinski definition) is 5. The van der Waals surface area contributed by atoms with Crippen molar-refractivity contribution in [1.29, 1.82) is 0 Å². The van der Waals surface area contributed by atoms with Crippen LogP contribution in [0.3, 0.4) is 0 Å². The molecule has 3 N–H and O–H groups in total. The molecule has 0 amide bonds. The van der Waals surface area contributed by atoms with Crippen LogP contribution < -0.4 is 10.5 Å². The molecule has 1 aromatic heterocycles. The summed E-state index contributed by atoms with van der Waals surface area (Å²) in [5, 5.41) is 9.22. The van der Waals surface area contributed by atoms with Gasteiger partial charge in [-0.15, -0.1) is 10.2 Å². The first-order chi connectivity index (χ1) is 11.0. The van der Waals surface area contributed by atoms with Gasteiger partial charge in [-0.3, -0.25) is 0 Å². The van der Waals surface area contributed by atoms with Gasteiger partial charge in [0, 0.05) is 5.02 Å². The Balaban J connectivity index is 2.13. The molecule has 0 unspecified atom stereocenters. The van der Waals surface area contributed by atoms with Crippen molar-refractivity contribution < 1.29 is 4.74 Å². The first-order valence-corrected chi connectivity index (χ1v) is 7.38. The number of azo groups is 1. The Morgan fingerprint density at radius 3 is 2.74 bits per heavy atom. The lowest BCUT2D eigenvalue weighted by Crippen LogP contribution is -1.89. The van der Waals surface area contributed by atoms with Gasteiger partial charge in [0.05, 0.1) is 18.3 Å². The van der Waals surface area contributed by atoms with Gasteiger partial charge in [-0.1, -0.05) is 11.6 Å². The minimum Gasteiger partial charge on any atom is -0.494 e. The number of methoxy groups -OCH3 is 1. The average molecular weight is 330 g/mol. The number of benzene rings is 2. The number of nitrogens with zero attached hydrogens (tertiary/aromatic N) is 3. The molecular formula is C16H16ClN5O. The molecule has 118 valence electrons. The Morgan fingerprint density at radius 2 is 2.00 bits per heavy atom. The van der Waals surface area contributed by atoms with Crippen LogP contribution in [0.2, 0.25) is 5.02 Å². The summed E-state index contributed by atoms with van der Waals surface area (Å²) in [6.07, 6.45) is 0. The Kier molecular flexibility index (Phi) is 3.92. The highest BCUT2D eigenvalue weighted by Gasteiger charge is 2.12. The van der Waals surface area contributed by atoms with E-state index in [9.17, 15) is 0 Å². The quantitative estimate of drug-likeness (QED) is 0.532. The zero-order chi connectivity index (χ0) is 16.6. The number of ether oxygens (including phenoxy) is 1. The lowest BCUT2D eigenvalue weighted by molar-refractivity contribution is 0.416. The van der Waals surface area contributed by atoms with Crippen molar-refractivity contribution in [2.75, 3.05) is 12.8 Å². The smallest absolute Gasteiger partial charge is 0.146 e. The molecule has 3 aromatic rings. The summed E-state index contributed by atoms with van der Waals surface area (Å²) in [5.74, 6) is 1.37. The van der Waals surface area contributed by atoms with E-state index in [1.807, 2.05) is 19.9 Å². The van der Waals surface area contributed by atoms with Gasteiger partial charge in [0.15, 0.2) is 0 Å². The number of nitrogens with one attached hydrogen (secondary N) is 1. The number of nitrogens with two attached hydrogens (primary N) is 1. The first kappa shape index (κ1) is 15.3. The molecule has 3 rings (SSSR count). The van der Waals surface area contributed by atoms with Crippen LogP contribution in [-0.4, -0.2) is 17.1 Å². The summed E-state index contributed by atoms with van der Waals surface area (Å²) in [5.41, 5.74) is 10.2. The fraction of sp³-hybridized carbons (Fsp3) is 0.188. The predicted molar refractivity (Wildman–Crippen MR) is 92.2 cm³/mol. The van der Waals surface area contributed by atoms with Crippen molar-refractivity contribution in [3.05, 3.63) is 40.7 Å². The Bertz CT molecular complexity index is 916. The van der Waals surface area contributed by atoms with Crippen molar-refractivity contribution in [2.45, 2.75) is 13.8 Å². The van der Waals surface area contributed by atoms with Crippen molar-refractivity contribution in [2.24, 2.45) is 10.2 Å². The fourth-order valence-corrected chi connectivity index (χ4v) is 2.58. The molecule has 0 atom stereocenters.